The third kappa shape index (κ3) is 6.29. The summed E-state index contributed by atoms with van der Waals surface area (Å²) in [5.74, 6) is -2.38. The van der Waals surface area contributed by atoms with Gasteiger partial charge in [-0.25, -0.2) is 9.59 Å². The summed E-state index contributed by atoms with van der Waals surface area (Å²) < 4.78 is 11.2. The molecule has 2 amide bonds. The highest BCUT2D eigenvalue weighted by Gasteiger charge is 2.25. The number of methoxy groups -OCH3 is 1. The molecular formula is C21H27N5O7. The van der Waals surface area contributed by atoms with Crippen LogP contribution >= 0.6 is 0 Å². The Kier molecular flexibility index (Phi) is 8.92. The molecule has 0 aliphatic heterocycles. The Hall–Kier alpha value is -3.93. The molecule has 178 valence electrons. The van der Waals surface area contributed by atoms with Gasteiger partial charge in [0.05, 0.1) is 12.2 Å². The fraction of sp³-hybridized carbons (Fsp3) is 0.381. The van der Waals surface area contributed by atoms with E-state index < -0.39 is 35.6 Å². The topological polar surface area (TPSA) is 180 Å². The lowest BCUT2D eigenvalue weighted by Crippen LogP contribution is -2.44. The summed E-state index contributed by atoms with van der Waals surface area (Å²) in [6, 6.07) is 5.38. The third-order valence-electron chi connectivity index (χ3n) is 4.77. The first-order valence-corrected chi connectivity index (χ1v) is 10.2. The van der Waals surface area contributed by atoms with Crippen molar-refractivity contribution in [1.82, 2.24) is 9.55 Å². The van der Waals surface area contributed by atoms with E-state index in [0.717, 1.165) is 11.3 Å². The summed E-state index contributed by atoms with van der Waals surface area (Å²) in [4.78, 5) is 64.2. The van der Waals surface area contributed by atoms with E-state index in [0.29, 0.717) is 6.42 Å². The molecule has 0 atom stereocenters. The molecule has 0 spiro atoms. The number of benzene rings is 1. The number of carbonyl (C=O) groups excluding carboxylic acids is 3. The molecule has 5 N–H and O–H groups in total. The molecule has 0 aliphatic rings. The second-order valence-corrected chi connectivity index (χ2v) is 7.05. The van der Waals surface area contributed by atoms with Crippen LogP contribution in [-0.4, -0.2) is 54.2 Å². The minimum atomic E-state index is -0.844. The first-order chi connectivity index (χ1) is 15.7. The molecule has 0 saturated heterocycles. The van der Waals surface area contributed by atoms with E-state index >= 15 is 0 Å². The summed E-state index contributed by atoms with van der Waals surface area (Å²) in [6.45, 7) is 1.47. The fourth-order valence-corrected chi connectivity index (χ4v) is 2.98. The Balaban J connectivity index is 2.26. The van der Waals surface area contributed by atoms with E-state index in [1.807, 2.05) is 6.92 Å². The number of esters is 1. The highest BCUT2D eigenvalue weighted by atomic mass is 16.5. The molecule has 0 unspecified atom stereocenters. The van der Waals surface area contributed by atoms with Crippen LogP contribution in [0.5, 0.6) is 0 Å². The number of nitrogens with zero attached hydrogens (tertiary/aromatic N) is 2. The highest BCUT2D eigenvalue weighted by Crippen LogP contribution is 2.17. The van der Waals surface area contributed by atoms with Gasteiger partial charge in [0.15, 0.2) is 12.3 Å². The molecule has 0 bridgehead atoms. The molecule has 0 fully saturated rings. The van der Waals surface area contributed by atoms with Crippen LogP contribution in [0.3, 0.4) is 0 Å². The van der Waals surface area contributed by atoms with Gasteiger partial charge in [0.25, 0.3) is 11.5 Å². The molecule has 2 rings (SSSR count). The second-order valence-electron chi connectivity index (χ2n) is 7.05. The molecule has 0 radical (unpaired) electrons. The zero-order valence-electron chi connectivity index (χ0n) is 18.5. The quantitative estimate of drug-likeness (QED) is 0.386. The number of unbranched alkanes of at least 4 members (excludes halogenated alkanes) is 1. The molecular weight excluding hydrogens is 434 g/mol. The molecule has 0 saturated carbocycles. The fourth-order valence-electron chi connectivity index (χ4n) is 2.98. The Labute approximate surface area is 189 Å². The van der Waals surface area contributed by atoms with Gasteiger partial charge in [-0.3, -0.25) is 28.8 Å². The van der Waals surface area contributed by atoms with Crippen LogP contribution in [0, 0.1) is 0 Å². The minimum absolute atomic E-state index is 0.0568. The number of nitrogens with two attached hydrogens (primary N) is 2. The predicted octanol–water partition coefficient (Wildman–Crippen LogP) is -0.146. The monoisotopic (exact) mass is 461 g/mol. The number of ether oxygens (including phenoxy) is 2. The van der Waals surface area contributed by atoms with Crippen molar-refractivity contribution < 1.29 is 23.9 Å². The van der Waals surface area contributed by atoms with E-state index in [4.69, 9.17) is 20.9 Å². The van der Waals surface area contributed by atoms with E-state index in [9.17, 15) is 24.0 Å². The number of amides is 2. The summed E-state index contributed by atoms with van der Waals surface area (Å²) >= 11 is 0. The van der Waals surface area contributed by atoms with Crippen LogP contribution in [-0.2, 0) is 20.8 Å². The molecule has 0 aliphatic carbocycles. The molecule has 1 aromatic carbocycles. The van der Waals surface area contributed by atoms with Crippen molar-refractivity contribution in [2.45, 2.75) is 26.3 Å². The Bertz CT molecular complexity index is 1120. The highest BCUT2D eigenvalue weighted by molar-refractivity contribution is 5.99. The summed E-state index contributed by atoms with van der Waals surface area (Å²) in [5, 5.41) is 0. The summed E-state index contributed by atoms with van der Waals surface area (Å²) in [7, 11) is 1.41. The standard InChI is InChI=1S/C21H27N5O7/c1-3-4-9-26-17(22)16(19(29)24-21(26)31)25(10-11-32-2)15(27)12-33-20(30)14-7-5-13(6-8-14)18(23)28/h5-8H,3-4,9-12,22H2,1-2H3,(H2,23,28)(H,24,29,31). The number of anilines is 2. The number of nitrogen functional groups attached to an aromatic ring is 1. The van der Waals surface area contributed by atoms with Crippen LogP contribution in [0.2, 0.25) is 0 Å². The average molecular weight is 461 g/mol. The maximum Gasteiger partial charge on any atom is 0.338 e. The molecule has 1 aromatic heterocycles. The number of H-pyrrole nitrogens is 1. The van der Waals surface area contributed by atoms with Crippen molar-refractivity contribution in [3.63, 3.8) is 0 Å². The van der Waals surface area contributed by atoms with Crippen molar-refractivity contribution in [3.05, 3.63) is 56.2 Å². The van der Waals surface area contributed by atoms with Gasteiger partial charge in [0, 0.05) is 25.8 Å². The molecule has 12 heteroatoms. The Morgan fingerprint density at radius 3 is 2.33 bits per heavy atom. The van der Waals surface area contributed by atoms with Gasteiger partial charge in [0.1, 0.15) is 5.82 Å². The van der Waals surface area contributed by atoms with Crippen molar-refractivity contribution in [2.75, 3.05) is 37.5 Å². The summed E-state index contributed by atoms with van der Waals surface area (Å²) in [6.07, 6.45) is 1.41. The van der Waals surface area contributed by atoms with Gasteiger partial charge in [-0.15, -0.1) is 0 Å². The average Bonchev–Trinajstić information content (AvgIpc) is 2.79. The van der Waals surface area contributed by atoms with Gasteiger partial charge in [-0.2, -0.15) is 0 Å². The number of aromatic amines is 1. The smallest absolute Gasteiger partial charge is 0.338 e. The zero-order chi connectivity index (χ0) is 24.5. The maximum atomic E-state index is 12.9. The normalized spacial score (nSPS) is 10.6. The van der Waals surface area contributed by atoms with Gasteiger partial charge in [-0.1, -0.05) is 13.3 Å². The first kappa shape index (κ1) is 25.3. The van der Waals surface area contributed by atoms with Crippen LogP contribution in [0.4, 0.5) is 11.5 Å². The lowest BCUT2D eigenvalue weighted by Gasteiger charge is -2.24. The van der Waals surface area contributed by atoms with Crippen LogP contribution in [0.25, 0.3) is 0 Å². The molecule has 2 aromatic rings. The number of hydrogen-bond donors (Lipinski definition) is 3. The Morgan fingerprint density at radius 1 is 1.12 bits per heavy atom. The number of carbonyl (C=O) groups is 3. The zero-order valence-corrected chi connectivity index (χ0v) is 18.5. The number of nitrogens with one attached hydrogen (secondary N) is 1. The van der Waals surface area contributed by atoms with E-state index in [1.165, 1.54) is 35.9 Å². The largest absolute Gasteiger partial charge is 0.452 e. The minimum Gasteiger partial charge on any atom is -0.452 e. The van der Waals surface area contributed by atoms with Crippen molar-refractivity contribution in [3.8, 4) is 0 Å². The van der Waals surface area contributed by atoms with E-state index in [2.05, 4.69) is 4.98 Å². The lowest BCUT2D eigenvalue weighted by atomic mass is 10.1. The SMILES string of the molecule is CCCCn1c(N)c(N(CCOC)C(=O)COC(=O)c2ccc(C(N)=O)cc2)c(=O)[nH]c1=O. The summed E-state index contributed by atoms with van der Waals surface area (Å²) in [5.41, 5.74) is 9.80. The molecule has 12 nitrogen and oxygen atoms in total. The van der Waals surface area contributed by atoms with Crippen molar-refractivity contribution in [2.24, 2.45) is 5.73 Å². The molecule has 1 heterocycles. The number of aromatic nitrogens is 2. The van der Waals surface area contributed by atoms with Gasteiger partial charge >= 0.3 is 11.7 Å². The maximum absolute atomic E-state index is 12.9. The lowest BCUT2D eigenvalue weighted by molar-refractivity contribution is -0.121. The third-order valence-corrected chi connectivity index (χ3v) is 4.77. The Morgan fingerprint density at radius 2 is 1.76 bits per heavy atom. The molecule has 33 heavy (non-hydrogen) atoms. The number of hydrogen-bond acceptors (Lipinski definition) is 8. The van der Waals surface area contributed by atoms with Gasteiger partial charge in [0.2, 0.25) is 5.91 Å². The number of primary amides is 1. The van der Waals surface area contributed by atoms with Crippen molar-refractivity contribution >= 4 is 29.3 Å². The predicted molar refractivity (Wildman–Crippen MR) is 120 cm³/mol. The van der Waals surface area contributed by atoms with Crippen LogP contribution < -0.4 is 27.6 Å². The van der Waals surface area contributed by atoms with Crippen LogP contribution in [0.1, 0.15) is 40.5 Å². The second kappa shape index (κ2) is 11.6. The van der Waals surface area contributed by atoms with Crippen LogP contribution in [0.15, 0.2) is 33.9 Å². The van der Waals surface area contributed by atoms with Gasteiger partial charge in [-0.05, 0) is 30.7 Å². The number of rotatable bonds is 11. The first-order valence-electron chi connectivity index (χ1n) is 10.2. The van der Waals surface area contributed by atoms with E-state index in [-0.39, 0.29) is 42.3 Å². The van der Waals surface area contributed by atoms with E-state index in [1.54, 1.807) is 0 Å². The van der Waals surface area contributed by atoms with Gasteiger partial charge < -0.3 is 20.9 Å². The van der Waals surface area contributed by atoms with Crippen molar-refractivity contribution in [1.29, 1.82) is 0 Å².